The number of aryl methyl sites for hydroxylation is 3. The molecule has 0 aliphatic carbocycles. The number of nitrogens with zero attached hydrogens (tertiary/aromatic N) is 2. The number of imidazole rings is 1. The third kappa shape index (κ3) is 8.63. The molecule has 1 aromatic carbocycles. The van der Waals surface area contributed by atoms with E-state index in [1.165, 1.54) is 95.6 Å². The van der Waals surface area contributed by atoms with Gasteiger partial charge in [0.25, 0.3) is 5.82 Å². The second kappa shape index (κ2) is 14.4. The molecule has 0 radical (unpaired) electrons. The first kappa shape index (κ1) is 22.7. The van der Waals surface area contributed by atoms with Gasteiger partial charge in [-0.25, -0.2) is 9.13 Å². The summed E-state index contributed by atoms with van der Waals surface area (Å²) in [4.78, 5) is 0. The average Bonchev–Trinajstić information content (AvgIpc) is 3.10. The first-order chi connectivity index (χ1) is 13.8. The van der Waals surface area contributed by atoms with E-state index in [9.17, 15) is 0 Å². The Labute approximate surface area is 174 Å². The number of hydrogen-bond acceptors (Lipinski definition) is 0. The van der Waals surface area contributed by atoms with Crippen LogP contribution in [0.1, 0.15) is 95.9 Å². The van der Waals surface area contributed by atoms with Crippen molar-refractivity contribution in [2.24, 2.45) is 0 Å². The van der Waals surface area contributed by atoms with Gasteiger partial charge in [-0.05, 0) is 37.7 Å². The van der Waals surface area contributed by atoms with E-state index in [0.29, 0.717) is 0 Å². The van der Waals surface area contributed by atoms with Crippen molar-refractivity contribution in [1.29, 1.82) is 0 Å². The SMILES string of the molecule is CCCCCCCCCc1n(CCCCC)cc[n+]1CCCc1ccccc1. The Bertz CT molecular complexity index is 615. The van der Waals surface area contributed by atoms with Crippen LogP contribution in [0.3, 0.4) is 0 Å². The maximum Gasteiger partial charge on any atom is 0.256 e. The zero-order chi connectivity index (χ0) is 19.9. The quantitative estimate of drug-likeness (QED) is 0.220. The summed E-state index contributed by atoms with van der Waals surface area (Å²) in [6.07, 6.45) is 21.9. The first-order valence-corrected chi connectivity index (χ1v) is 12.0. The lowest BCUT2D eigenvalue weighted by molar-refractivity contribution is -0.704. The van der Waals surface area contributed by atoms with Gasteiger partial charge >= 0.3 is 0 Å². The van der Waals surface area contributed by atoms with E-state index in [1.807, 2.05) is 0 Å². The standard InChI is InChI=1S/C26H43N2/c1-3-5-7-8-9-10-14-20-26-27(21-15-6-4-2)23-24-28(26)22-16-19-25-17-12-11-13-18-25/h11-13,17-18,23-24H,3-10,14-16,19-22H2,1-2H3/q+1. The largest absolute Gasteiger partial charge is 0.256 e. The minimum atomic E-state index is 1.14. The maximum absolute atomic E-state index is 2.54. The summed E-state index contributed by atoms with van der Waals surface area (Å²) in [6, 6.07) is 10.9. The minimum absolute atomic E-state index is 1.14. The van der Waals surface area contributed by atoms with Gasteiger partial charge in [0.2, 0.25) is 0 Å². The molecule has 2 heteroatoms. The Kier molecular flexibility index (Phi) is 11.7. The second-order valence-electron chi connectivity index (χ2n) is 8.27. The van der Waals surface area contributed by atoms with Crippen LogP contribution in [0.25, 0.3) is 0 Å². The first-order valence-electron chi connectivity index (χ1n) is 12.0. The molecule has 1 heterocycles. The van der Waals surface area contributed by atoms with E-state index < -0.39 is 0 Å². The summed E-state index contributed by atoms with van der Waals surface area (Å²) < 4.78 is 5.07. The van der Waals surface area contributed by atoms with Gasteiger partial charge in [0.1, 0.15) is 12.4 Å². The fourth-order valence-electron chi connectivity index (χ4n) is 4.06. The van der Waals surface area contributed by atoms with Crippen LogP contribution in [-0.4, -0.2) is 4.57 Å². The molecule has 28 heavy (non-hydrogen) atoms. The normalized spacial score (nSPS) is 11.2. The number of rotatable bonds is 16. The van der Waals surface area contributed by atoms with Gasteiger partial charge in [0, 0.05) is 6.42 Å². The predicted octanol–water partition coefficient (Wildman–Crippen LogP) is 6.89. The topological polar surface area (TPSA) is 8.81 Å². The number of aromatic nitrogens is 2. The summed E-state index contributed by atoms with van der Waals surface area (Å²) in [5, 5.41) is 0. The minimum Gasteiger partial charge on any atom is -0.234 e. The van der Waals surface area contributed by atoms with Gasteiger partial charge in [-0.2, -0.15) is 0 Å². The maximum atomic E-state index is 2.54. The highest BCUT2D eigenvalue weighted by Gasteiger charge is 2.16. The van der Waals surface area contributed by atoms with Crippen molar-refractivity contribution in [3.05, 3.63) is 54.1 Å². The third-order valence-electron chi connectivity index (χ3n) is 5.80. The van der Waals surface area contributed by atoms with E-state index in [4.69, 9.17) is 0 Å². The molecular formula is C26H43N2+. The third-order valence-corrected chi connectivity index (χ3v) is 5.80. The number of benzene rings is 1. The molecule has 0 fully saturated rings. The Morgan fingerprint density at radius 2 is 1.39 bits per heavy atom. The highest BCUT2D eigenvalue weighted by molar-refractivity contribution is 5.14. The lowest BCUT2D eigenvalue weighted by Crippen LogP contribution is -2.37. The van der Waals surface area contributed by atoms with Gasteiger partial charge in [-0.1, -0.05) is 89.1 Å². The highest BCUT2D eigenvalue weighted by Crippen LogP contribution is 2.11. The Morgan fingerprint density at radius 3 is 2.14 bits per heavy atom. The molecule has 0 saturated carbocycles. The van der Waals surface area contributed by atoms with Crippen molar-refractivity contribution in [3.8, 4) is 0 Å². The van der Waals surface area contributed by atoms with Crippen LogP contribution in [0.4, 0.5) is 0 Å². The molecule has 0 saturated heterocycles. The molecule has 0 unspecified atom stereocenters. The van der Waals surface area contributed by atoms with Gasteiger partial charge in [-0.3, -0.25) is 0 Å². The fourth-order valence-corrected chi connectivity index (χ4v) is 4.06. The Hall–Kier alpha value is -1.57. The van der Waals surface area contributed by atoms with E-state index >= 15 is 0 Å². The smallest absolute Gasteiger partial charge is 0.234 e. The van der Waals surface area contributed by atoms with Gasteiger partial charge < -0.3 is 0 Å². The summed E-state index contributed by atoms with van der Waals surface area (Å²) in [5.74, 6) is 1.55. The van der Waals surface area contributed by atoms with Crippen LogP contribution >= 0.6 is 0 Å². The predicted molar refractivity (Wildman–Crippen MR) is 121 cm³/mol. The molecule has 1 aromatic heterocycles. The van der Waals surface area contributed by atoms with Crippen LogP contribution in [0.2, 0.25) is 0 Å². The van der Waals surface area contributed by atoms with Crippen molar-refractivity contribution in [2.75, 3.05) is 0 Å². The van der Waals surface area contributed by atoms with Crippen molar-refractivity contribution >= 4 is 0 Å². The summed E-state index contributed by atoms with van der Waals surface area (Å²) >= 11 is 0. The van der Waals surface area contributed by atoms with E-state index in [0.717, 1.165) is 6.54 Å². The summed E-state index contributed by atoms with van der Waals surface area (Å²) in [5.41, 5.74) is 1.46. The van der Waals surface area contributed by atoms with Crippen LogP contribution < -0.4 is 4.57 Å². The molecular weight excluding hydrogens is 340 g/mol. The zero-order valence-electron chi connectivity index (χ0n) is 18.5. The van der Waals surface area contributed by atoms with Crippen molar-refractivity contribution in [1.82, 2.24) is 4.57 Å². The molecule has 0 N–H and O–H groups in total. The molecule has 0 spiro atoms. The molecule has 156 valence electrons. The van der Waals surface area contributed by atoms with E-state index in [1.54, 1.807) is 5.82 Å². The molecule has 0 aliphatic rings. The molecule has 0 amide bonds. The lowest BCUT2D eigenvalue weighted by Gasteiger charge is -2.06. The zero-order valence-corrected chi connectivity index (χ0v) is 18.5. The van der Waals surface area contributed by atoms with E-state index in [2.05, 4.69) is 65.7 Å². The van der Waals surface area contributed by atoms with E-state index in [-0.39, 0.29) is 0 Å². The van der Waals surface area contributed by atoms with Crippen LogP contribution in [0.15, 0.2) is 42.7 Å². The number of unbranched alkanes of at least 4 members (excludes halogenated alkanes) is 8. The van der Waals surface area contributed by atoms with Crippen LogP contribution in [0, 0.1) is 0 Å². The molecule has 0 atom stereocenters. The molecule has 2 rings (SSSR count). The summed E-state index contributed by atoms with van der Waals surface area (Å²) in [7, 11) is 0. The second-order valence-corrected chi connectivity index (χ2v) is 8.27. The lowest BCUT2D eigenvalue weighted by atomic mass is 10.1. The van der Waals surface area contributed by atoms with Crippen molar-refractivity contribution < 1.29 is 4.57 Å². The van der Waals surface area contributed by atoms with Crippen LogP contribution in [-0.2, 0) is 25.9 Å². The summed E-state index contributed by atoms with van der Waals surface area (Å²) in [6.45, 7) is 6.91. The van der Waals surface area contributed by atoms with Crippen molar-refractivity contribution in [2.45, 2.75) is 110 Å². The number of hydrogen-bond donors (Lipinski definition) is 0. The molecule has 2 nitrogen and oxygen atoms in total. The average molecular weight is 384 g/mol. The molecule has 2 aromatic rings. The monoisotopic (exact) mass is 383 g/mol. The van der Waals surface area contributed by atoms with Gasteiger partial charge in [0.05, 0.1) is 13.1 Å². The van der Waals surface area contributed by atoms with Gasteiger partial charge in [-0.15, -0.1) is 0 Å². The fraction of sp³-hybridized carbons (Fsp3) is 0.654. The van der Waals surface area contributed by atoms with Gasteiger partial charge in [0.15, 0.2) is 0 Å². The molecule has 0 bridgehead atoms. The van der Waals surface area contributed by atoms with Crippen LogP contribution in [0.5, 0.6) is 0 Å². The Morgan fingerprint density at radius 1 is 0.714 bits per heavy atom. The Balaban J connectivity index is 1.83. The molecule has 0 aliphatic heterocycles. The highest BCUT2D eigenvalue weighted by atomic mass is 15.1. The van der Waals surface area contributed by atoms with Crippen molar-refractivity contribution in [3.63, 3.8) is 0 Å².